The van der Waals surface area contributed by atoms with E-state index in [0.717, 1.165) is 23.3 Å². The Morgan fingerprint density at radius 2 is 1.88 bits per heavy atom. The monoisotopic (exact) mass is 376 g/mol. The fourth-order valence-electron chi connectivity index (χ4n) is 2.25. The third kappa shape index (κ3) is 4.58. The lowest BCUT2D eigenvalue weighted by Crippen LogP contribution is -2.30. The number of nitrogens with zero attached hydrogens (tertiary/aromatic N) is 1. The number of anilines is 1. The van der Waals surface area contributed by atoms with Crippen molar-refractivity contribution in [3.8, 4) is 0 Å². The van der Waals surface area contributed by atoms with Crippen LogP contribution >= 0.6 is 11.6 Å². The molecule has 2 aromatic carbocycles. The molecular weight excluding hydrogens is 360 g/mol. The van der Waals surface area contributed by atoms with Gasteiger partial charge in [-0.05, 0) is 38.5 Å². The molecule has 136 valence electrons. The molecule has 0 aliphatic rings. The van der Waals surface area contributed by atoms with Gasteiger partial charge in [-0.2, -0.15) is 0 Å². The number of nitro groups is 1. The molecule has 0 fully saturated rings. The molecule has 0 radical (unpaired) electrons. The van der Waals surface area contributed by atoms with Crippen molar-refractivity contribution in [3.05, 3.63) is 68.2 Å². The van der Waals surface area contributed by atoms with Gasteiger partial charge in [0, 0.05) is 17.8 Å². The number of halogens is 1. The zero-order chi connectivity index (χ0) is 19.4. The van der Waals surface area contributed by atoms with Crippen LogP contribution in [0, 0.1) is 24.0 Å². The van der Waals surface area contributed by atoms with Gasteiger partial charge in [0.2, 0.25) is 0 Å². The third-order valence-electron chi connectivity index (χ3n) is 3.68. The molecule has 0 heterocycles. The maximum atomic E-state index is 12.2. The van der Waals surface area contributed by atoms with E-state index in [4.69, 9.17) is 16.3 Å². The predicted molar refractivity (Wildman–Crippen MR) is 97.5 cm³/mol. The fourth-order valence-corrected chi connectivity index (χ4v) is 2.50. The quantitative estimate of drug-likeness (QED) is 0.482. The lowest BCUT2D eigenvalue weighted by molar-refractivity contribution is -0.384. The summed E-state index contributed by atoms with van der Waals surface area (Å²) in [6.45, 7) is 5.23. The van der Waals surface area contributed by atoms with Gasteiger partial charge < -0.3 is 10.1 Å². The van der Waals surface area contributed by atoms with Crippen molar-refractivity contribution < 1.29 is 19.2 Å². The number of rotatable bonds is 5. The Morgan fingerprint density at radius 1 is 1.19 bits per heavy atom. The Labute approximate surface area is 155 Å². The molecule has 0 aliphatic heterocycles. The van der Waals surface area contributed by atoms with Crippen molar-refractivity contribution in [2.24, 2.45) is 0 Å². The maximum absolute atomic E-state index is 12.2. The molecule has 0 aliphatic carbocycles. The first-order valence-corrected chi connectivity index (χ1v) is 8.10. The number of non-ortho nitro benzene ring substituents is 1. The SMILES string of the molecule is Cc1ccc(NC(=O)[C@H](C)OC(=O)c2ccc([N+](=O)[O-])cc2Cl)c(C)c1. The zero-order valence-electron chi connectivity index (χ0n) is 14.4. The number of ether oxygens (including phenoxy) is 1. The summed E-state index contributed by atoms with van der Waals surface area (Å²) in [5.41, 5.74) is 2.27. The lowest BCUT2D eigenvalue weighted by Gasteiger charge is -2.15. The molecule has 2 rings (SSSR count). The predicted octanol–water partition coefficient (Wildman–Crippen LogP) is 4.05. The van der Waals surface area contributed by atoms with Crippen LogP contribution in [0.1, 0.15) is 28.4 Å². The molecule has 0 saturated heterocycles. The Hall–Kier alpha value is -2.93. The molecule has 0 aromatic heterocycles. The largest absolute Gasteiger partial charge is 0.449 e. The van der Waals surface area contributed by atoms with Crippen molar-refractivity contribution in [2.75, 3.05) is 5.32 Å². The number of benzene rings is 2. The van der Waals surface area contributed by atoms with Crippen molar-refractivity contribution in [1.29, 1.82) is 0 Å². The summed E-state index contributed by atoms with van der Waals surface area (Å²) in [6, 6.07) is 8.93. The normalized spacial score (nSPS) is 11.5. The van der Waals surface area contributed by atoms with Crippen molar-refractivity contribution >= 4 is 34.9 Å². The lowest BCUT2D eigenvalue weighted by atomic mass is 10.1. The zero-order valence-corrected chi connectivity index (χ0v) is 15.2. The number of carbonyl (C=O) groups is 2. The number of hydrogen-bond donors (Lipinski definition) is 1. The van der Waals surface area contributed by atoms with E-state index in [1.807, 2.05) is 26.0 Å². The van der Waals surface area contributed by atoms with Crippen LogP contribution in [0.15, 0.2) is 36.4 Å². The molecule has 2 aromatic rings. The summed E-state index contributed by atoms with van der Waals surface area (Å²) in [7, 11) is 0. The second kappa shape index (κ2) is 7.97. The van der Waals surface area contributed by atoms with Crippen molar-refractivity contribution in [3.63, 3.8) is 0 Å². The minimum absolute atomic E-state index is 0.0524. The number of nitrogens with one attached hydrogen (secondary N) is 1. The third-order valence-corrected chi connectivity index (χ3v) is 3.99. The summed E-state index contributed by atoms with van der Waals surface area (Å²) in [5.74, 6) is -1.34. The van der Waals surface area contributed by atoms with Crippen LogP contribution in [0.4, 0.5) is 11.4 Å². The Kier molecular flexibility index (Phi) is 5.94. The van der Waals surface area contributed by atoms with Gasteiger partial charge in [0.25, 0.3) is 11.6 Å². The summed E-state index contributed by atoms with van der Waals surface area (Å²) < 4.78 is 5.11. The molecule has 0 bridgehead atoms. The number of amides is 1. The van der Waals surface area contributed by atoms with Gasteiger partial charge in [0.15, 0.2) is 6.10 Å². The summed E-state index contributed by atoms with van der Waals surface area (Å²) >= 11 is 5.89. The van der Waals surface area contributed by atoms with E-state index in [2.05, 4.69) is 5.32 Å². The average Bonchev–Trinajstić information content (AvgIpc) is 2.56. The fraction of sp³-hybridized carbons (Fsp3) is 0.222. The van der Waals surface area contributed by atoms with Crippen LogP contribution < -0.4 is 5.32 Å². The van der Waals surface area contributed by atoms with Crippen LogP contribution in [0.2, 0.25) is 5.02 Å². The average molecular weight is 377 g/mol. The standard InChI is InChI=1S/C18H17ClN2O5/c1-10-4-7-16(11(2)8-10)20-17(22)12(3)26-18(23)14-6-5-13(21(24)25)9-15(14)19/h4-9,12H,1-3H3,(H,20,22)/t12-/m0/s1. The van der Waals surface area contributed by atoms with E-state index in [1.165, 1.54) is 13.0 Å². The van der Waals surface area contributed by atoms with Gasteiger partial charge in [-0.3, -0.25) is 14.9 Å². The Morgan fingerprint density at radius 3 is 2.46 bits per heavy atom. The Bertz CT molecular complexity index is 882. The first kappa shape index (κ1) is 19.4. The molecule has 1 atom stereocenters. The number of carbonyl (C=O) groups excluding carboxylic acids is 2. The minimum atomic E-state index is -1.07. The first-order chi connectivity index (χ1) is 12.2. The van der Waals surface area contributed by atoms with Gasteiger partial charge in [-0.15, -0.1) is 0 Å². The highest BCUT2D eigenvalue weighted by Gasteiger charge is 2.22. The van der Waals surface area contributed by atoms with Crippen LogP contribution in [-0.2, 0) is 9.53 Å². The number of esters is 1. The topological polar surface area (TPSA) is 98.5 Å². The molecule has 26 heavy (non-hydrogen) atoms. The summed E-state index contributed by atoms with van der Waals surface area (Å²) in [4.78, 5) is 34.5. The second-order valence-electron chi connectivity index (χ2n) is 5.78. The highest BCUT2D eigenvalue weighted by molar-refractivity contribution is 6.33. The molecule has 1 amide bonds. The van der Waals surface area contributed by atoms with Crippen LogP contribution in [0.5, 0.6) is 0 Å². The van der Waals surface area contributed by atoms with Gasteiger partial charge in [-0.25, -0.2) is 4.79 Å². The Balaban J connectivity index is 2.06. The van der Waals surface area contributed by atoms with Crippen molar-refractivity contribution in [1.82, 2.24) is 0 Å². The van der Waals surface area contributed by atoms with Gasteiger partial charge >= 0.3 is 5.97 Å². The number of nitro benzene ring substituents is 1. The maximum Gasteiger partial charge on any atom is 0.340 e. The summed E-state index contributed by atoms with van der Waals surface area (Å²) in [6.07, 6.45) is -1.07. The van der Waals surface area contributed by atoms with Gasteiger partial charge in [0.1, 0.15) is 0 Å². The highest BCUT2D eigenvalue weighted by atomic mass is 35.5. The highest BCUT2D eigenvalue weighted by Crippen LogP contribution is 2.23. The van der Waals surface area contributed by atoms with Crippen LogP contribution in [-0.4, -0.2) is 22.9 Å². The van der Waals surface area contributed by atoms with Gasteiger partial charge in [-0.1, -0.05) is 29.3 Å². The van der Waals surface area contributed by atoms with Crippen LogP contribution in [0.3, 0.4) is 0 Å². The minimum Gasteiger partial charge on any atom is -0.449 e. The van der Waals surface area contributed by atoms with E-state index < -0.39 is 22.9 Å². The molecule has 8 heteroatoms. The molecule has 0 unspecified atom stereocenters. The summed E-state index contributed by atoms with van der Waals surface area (Å²) in [5, 5.41) is 13.3. The molecule has 0 saturated carbocycles. The van der Waals surface area contributed by atoms with E-state index in [9.17, 15) is 19.7 Å². The second-order valence-corrected chi connectivity index (χ2v) is 6.18. The van der Waals surface area contributed by atoms with E-state index >= 15 is 0 Å². The molecule has 0 spiro atoms. The number of aryl methyl sites for hydroxylation is 2. The molecule has 1 N–H and O–H groups in total. The number of hydrogen-bond acceptors (Lipinski definition) is 5. The molecule has 7 nitrogen and oxygen atoms in total. The van der Waals surface area contributed by atoms with Crippen molar-refractivity contribution in [2.45, 2.75) is 26.9 Å². The first-order valence-electron chi connectivity index (χ1n) is 7.72. The van der Waals surface area contributed by atoms with Crippen LogP contribution in [0.25, 0.3) is 0 Å². The molecular formula is C18H17ClN2O5. The van der Waals surface area contributed by atoms with Gasteiger partial charge in [0.05, 0.1) is 15.5 Å². The van der Waals surface area contributed by atoms with E-state index in [0.29, 0.717) is 5.69 Å². The van der Waals surface area contributed by atoms with E-state index in [-0.39, 0.29) is 16.3 Å². The smallest absolute Gasteiger partial charge is 0.340 e. The van der Waals surface area contributed by atoms with E-state index in [1.54, 1.807) is 6.07 Å².